The molecule has 2 heterocycles. The summed E-state index contributed by atoms with van der Waals surface area (Å²) in [4.78, 5) is 42.1. The van der Waals surface area contributed by atoms with Crippen molar-refractivity contribution in [1.29, 1.82) is 0 Å². The van der Waals surface area contributed by atoms with E-state index in [0.717, 1.165) is 5.56 Å². The molecule has 0 fully saturated rings. The third-order valence-corrected chi connectivity index (χ3v) is 5.25. The summed E-state index contributed by atoms with van der Waals surface area (Å²) in [5, 5.41) is 7.54. The van der Waals surface area contributed by atoms with Crippen molar-refractivity contribution in [3.8, 4) is 0 Å². The van der Waals surface area contributed by atoms with E-state index in [4.69, 9.17) is 4.74 Å². The number of carbonyl (C=O) groups is 2. The molecule has 9 heteroatoms. The van der Waals surface area contributed by atoms with E-state index in [1.807, 2.05) is 13.0 Å². The fourth-order valence-electron chi connectivity index (χ4n) is 2.99. The SMILES string of the molecule is Cc1cccc(C(=O)Nc2ccccc2C(=O)OCc2cc(=O)n3nc(C)sc3n2)c1. The minimum atomic E-state index is -0.636. The highest BCUT2D eigenvalue weighted by Gasteiger charge is 2.16. The number of hydrogen-bond donors (Lipinski definition) is 1. The number of para-hydroxylation sites is 1. The first-order chi connectivity index (χ1) is 14.9. The standard InChI is InChI=1S/C22H18N4O4S/c1-13-6-5-7-15(10-13)20(28)24-18-9-4-3-8-17(18)21(29)30-12-16-11-19(27)26-22(23-16)31-14(2)25-26/h3-11H,12H2,1-2H3,(H,24,28). The number of esters is 1. The van der Waals surface area contributed by atoms with Crippen LogP contribution in [0, 0.1) is 13.8 Å². The maximum Gasteiger partial charge on any atom is 0.340 e. The van der Waals surface area contributed by atoms with Crippen molar-refractivity contribution < 1.29 is 14.3 Å². The van der Waals surface area contributed by atoms with E-state index in [0.29, 0.717) is 26.9 Å². The molecule has 0 radical (unpaired) electrons. The average molecular weight is 434 g/mol. The lowest BCUT2D eigenvalue weighted by Crippen LogP contribution is -2.18. The first-order valence-corrected chi connectivity index (χ1v) is 10.2. The second-order valence-electron chi connectivity index (χ2n) is 6.85. The summed E-state index contributed by atoms with van der Waals surface area (Å²) in [5.74, 6) is -0.965. The van der Waals surface area contributed by atoms with E-state index >= 15 is 0 Å². The van der Waals surface area contributed by atoms with Gasteiger partial charge in [0.1, 0.15) is 11.6 Å². The number of hydrogen-bond acceptors (Lipinski definition) is 7. The molecule has 0 aliphatic rings. The number of aromatic nitrogens is 3. The van der Waals surface area contributed by atoms with Crippen molar-refractivity contribution in [2.24, 2.45) is 0 Å². The van der Waals surface area contributed by atoms with Gasteiger partial charge in [0.2, 0.25) is 4.96 Å². The Morgan fingerprint density at radius 2 is 1.90 bits per heavy atom. The van der Waals surface area contributed by atoms with Gasteiger partial charge in [0.25, 0.3) is 11.5 Å². The van der Waals surface area contributed by atoms with Crippen molar-refractivity contribution in [3.05, 3.63) is 92.3 Å². The molecule has 4 aromatic rings. The predicted molar refractivity (Wildman–Crippen MR) is 117 cm³/mol. The smallest absolute Gasteiger partial charge is 0.340 e. The fraction of sp³-hybridized carbons (Fsp3) is 0.136. The zero-order valence-electron chi connectivity index (χ0n) is 16.8. The molecule has 156 valence electrons. The van der Waals surface area contributed by atoms with E-state index in [1.54, 1.807) is 49.4 Å². The fourth-order valence-corrected chi connectivity index (χ4v) is 3.76. The molecule has 2 aromatic carbocycles. The van der Waals surface area contributed by atoms with Crippen molar-refractivity contribution in [3.63, 3.8) is 0 Å². The Bertz CT molecular complexity index is 1360. The van der Waals surface area contributed by atoms with Crippen LogP contribution in [0.15, 0.2) is 59.4 Å². The Hall–Kier alpha value is -3.85. The Kier molecular flexibility index (Phi) is 5.59. The second kappa shape index (κ2) is 8.49. The van der Waals surface area contributed by atoms with Gasteiger partial charge in [0.15, 0.2) is 0 Å². The van der Waals surface area contributed by atoms with Crippen LogP contribution in [-0.4, -0.2) is 26.5 Å². The average Bonchev–Trinajstić information content (AvgIpc) is 3.13. The van der Waals surface area contributed by atoms with Crippen LogP contribution in [-0.2, 0) is 11.3 Å². The maximum absolute atomic E-state index is 12.7. The number of nitrogens with one attached hydrogen (secondary N) is 1. The number of ether oxygens (including phenoxy) is 1. The predicted octanol–water partition coefficient (Wildman–Crippen LogP) is 3.38. The van der Waals surface area contributed by atoms with E-state index in [9.17, 15) is 14.4 Å². The highest BCUT2D eigenvalue weighted by Crippen LogP contribution is 2.19. The van der Waals surface area contributed by atoms with Gasteiger partial charge in [-0.2, -0.15) is 9.61 Å². The van der Waals surface area contributed by atoms with Crippen LogP contribution >= 0.6 is 11.3 Å². The number of benzene rings is 2. The zero-order chi connectivity index (χ0) is 22.0. The van der Waals surface area contributed by atoms with Crippen molar-refractivity contribution in [2.45, 2.75) is 20.5 Å². The van der Waals surface area contributed by atoms with E-state index in [1.165, 1.54) is 21.9 Å². The van der Waals surface area contributed by atoms with Gasteiger partial charge >= 0.3 is 5.97 Å². The molecule has 0 aliphatic heterocycles. The van der Waals surface area contributed by atoms with E-state index < -0.39 is 5.97 Å². The first-order valence-electron chi connectivity index (χ1n) is 9.41. The molecule has 1 N–H and O–H groups in total. The first kappa shape index (κ1) is 20.4. The summed E-state index contributed by atoms with van der Waals surface area (Å²) in [6.07, 6.45) is 0. The highest BCUT2D eigenvalue weighted by molar-refractivity contribution is 7.16. The van der Waals surface area contributed by atoms with Crippen LogP contribution in [0.25, 0.3) is 4.96 Å². The highest BCUT2D eigenvalue weighted by atomic mass is 32.1. The number of fused-ring (bicyclic) bond motifs is 1. The van der Waals surface area contributed by atoms with Crippen LogP contribution < -0.4 is 10.9 Å². The summed E-state index contributed by atoms with van der Waals surface area (Å²) in [6, 6.07) is 15.0. The number of carbonyl (C=O) groups excluding carboxylic acids is 2. The number of anilines is 1. The van der Waals surface area contributed by atoms with Crippen molar-refractivity contribution in [1.82, 2.24) is 14.6 Å². The van der Waals surface area contributed by atoms with Gasteiger partial charge in [-0.25, -0.2) is 9.78 Å². The van der Waals surface area contributed by atoms with Gasteiger partial charge in [-0.1, -0.05) is 41.2 Å². The molecule has 2 aromatic heterocycles. The summed E-state index contributed by atoms with van der Waals surface area (Å²) in [7, 11) is 0. The molecule has 0 aliphatic carbocycles. The molecule has 8 nitrogen and oxygen atoms in total. The van der Waals surface area contributed by atoms with Gasteiger partial charge in [-0.15, -0.1) is 0 Å². The van der Waals surface area contributed by atoms with E-state index in [2.05, 4.69) is 15.4 Å². The summed E-state index contributed by atoms with van der Waals surface area (Å²) < 4.78 is 6.57. The van der Waals surface area contributed by atoms with Crippen LogP contribution in [0.4, 0.5) is 5.69 Å². The Morgan fingerprint density at radius 3 is 2.71 bits per heavy atom. The molecule has 0 unspecified atom stereocenters. The Balaban J connectivity index is 1.50. The zero-order valence-corrected chi connectivity index (χ0v) is 17.6. The Labute approximate surface area is 181 Å². The molecule has 0 saturated heterocycles. The molecule has 0 bridgehead atoms. The number of aryl methyl sites for hydroxylation is 2. The lowest BCUT2D eigenvalue weighted by Gasteiger charge is -2.11. The largest absolute Gasteiger partial charge is 0.456 e. The normalized spacial score (nSPS) is 10.8. The number of nitrogens with zero attached hydrogens (tertiary/aromatic N) is 3. The summed E-state index contributed by atoms with van der Waals surface area (Å²) in [6.45, 7) is 3.50. The quantitative estimate of drug-likeness (QED) is 0.483. The van der Waals surface area contributed by atoms with Gasteiger partial charge < -0.3 is 10.1 Å². The summed E-state index contributed by atoms with van der Waals surface area (Å²) in [5.41, 5.74) is 1.96. The minimum absolute atomic E-state index is 0.179. The molecule has 0 spiro atoms. The van der Waals surface area contributed by atoms with Crippen LogP contribution in [0.1, 0.15) is 37.0 Å². The Morgan fingerprint density at radius 1 is 1.10 bits per heavy atom. The van der Waals surface area contributed by atoms with Gasteiger partial charge in [0.05, 0.1) is 16.9 Å². The number of rotatable bonds is 5. The third kappa shape index (κ3) is 4.51. The molecule has 1 amide bonds. The number of amides is 1. The van der Waals surface area contributed by atoms with Gasteiger partial charge in [0, 0.05) is 11.6 Å². The summed E-state index contributed by atoms with van der Waals surface area (Å²) >= 11 is 1.27. The van der Waals surface area contributed by atoms with Crippen molar-refractivity contribution >= 4 is 33.9 Å². The maximum atomic E-state index is 12.7. The van der Waals surface area contributed by atoms with Crippen LogP contribution in [0.3, 0.4) is 0 Å². The molecule has 0 atom stereocenters. The molecular formula is C22H18N4O4S. The van der Waals surface area contributed by atoms with Crippen LogP contribution in [0.2, 0.25) is 0 Å². The molecule has 0 saturated carbocycles. The van der Waals surface area contributed by atoms with Gasteiger partial charge in [-0.05, 0) is 38.1 Å². The lowest BCUT2D eigenvalue weighted by molar-refractivity contribution is 0.0469. The molecule has 4 rings (SSSR count). The third-order valence-electron chi connectivity index (χ3n) is 4.43. The molecule has 31 heavy (non-hydrogen) atoms. The lowest BCUT2D eigenvalue weighted by atomic mass is 10.1. The van der Waals surface area contributed by atoms with Crippen molar-refractivity contribution in [2.75, 3.05) is 5.32 Å². The topological polar surface area (TPSA) is 103 Å². The monoisotopic (exact) mass is 434 g/mol. The van der Waals surface area contributed by atoms with E-state index in [-0.39, 0.29) is 23.6 Å². The minimum Gasteiger partial charge on any atom is -0.456 e. The molecular weight excluding hydrogens is 416 g/mol. The van der Waals surface area contributed by atoms with Crippen LogP contribution in [0.5, 0.6) is 0 Å². The second-order valence-corrected chi connectivity index (χ2v) is 8.01. The van der Waals surface area contributed by atoms with Gasteiger partial charge in [-0.3, -0.25) is 9.59 Å².